The number of benzene rings is 4. The Morgan fingerprint density at radius 2 is 1.45 bits per heavy atom. The van der Waals surface area contributed by atoms with Crippen LogP contribution in [0.4, 0.5) is 26.3 Å². The molecule has 0 aromatic heterocycles. The van der Waals surface area contributed by atoms with Gasteiger partial charge < -0.3 is 0 Å². The molecule has 5 aromatic carbocycles. The van der Waals surface area contributed by atoms with E-state index < -0.39 is 44.3 Å². The van der Waals surface area contributed by atoms with Gasteiger partial charge in [-0.25, -0.2) is 0 Å². The molecule has 0 unspecified atom stereocenters. The summed E-state index contributed by atoms with van der Waals surface area (Å²) in [6.45, 7) is 5.68. The van der Waals surface area contributed by atoms with E-state index in [1.807, 2.05) is 45.0 Å². The van der Waals surface area contributed by atoms with E-state index in [2.05, 4.69) is 42.5 Å². The van der Waals surface area contributed by atoms with Crippen molar-refractivity contribution in [3.63, 3.8) is 0 Å². The number of aryl methyl sites for hydroxylation is 1. The molecule has 0 spiro atoms. The van der Waals surface area contributed by atoms with Gasteiger partial charge >= 0.3 is 50.2 Å². The van der Waals surface area contributed by atoms with Crippen LogP contribution < -0.4 is 10.4 Å². The summed E-state index contributed by atoms with van der Waals surface area (Å²) in [5.41, 5.74) is 2.24. The third-order valence-corrected chi connectivity index (χ3v) is 8.59. The van der Waals surface area contributed by atoms with E-state index in [0.29, 0.717) is 16.5 Å². The molecule has 0 atom stereocenters. The van der Waals surface area contributed by atoms with Gasteiger partial charge in [-0.15, -0.1) is 40.1 Å². The molecular weight excluding hydrogens is 713 g/mol. The molecule has 0 amide bonds. The molecule has 0 fully saturated rings. The summed E-state index contributed by atoms with van der Waals surface area (Å²) in [6.07, 6.45) is -9.02. The molecule has 0 aliphatic carbocycles. The molecule has 0 nitrogen and oxygen atoms in total. The number of hydrogen-bond donors (Lipinski definition) is 0. The Balaban J connectivity index is 0.000000226. The molecule has 5 aromatic rings. The Bertz CT molecular complexity index is 1660. The maximum absolute atomic E-state index is 13.3. The van der Waals surface area contributed by atoms with Crippen LogP contribution in [0.3, 0.4) is 0 Å². The maximum Gasteiger partial charge on any atom is 0.0920 e. The van der Waals surface area contributed by atoms with Gasteiger partial charge in [-0.05, 0) is 36.1 Å². The van der Waals surface area contributed by atoms with Crippen LogP contribution in [0.2, 0.25) is 0 Å². The third-order valence-electron chi connectivity index (χ3n) is 7.22. The minimum absolute atomic E-state index is 0.0651. The number of fused-ring (bicyclic) bond motifs is 4. The SMILES string of the molecule is CCc1cc2c(-c3cc(C(F)(F)F)cc(C(F)(F)F)c3)c(C(C)C)ccc2[cH-]1.[Cl][Zr+2][Cl].[c-]1cccc2c1[Si]c1ccccc1-2. The molecule has 10 heteroatoms. The van der Waals surface area contributed by atoms with E-state index in [1.165, 1.54) is 21.5 Å². The van der Waals surface area contributed by atoms with Crippen LogP contribution in [-0.4, -0.2) is 9.52 Å². The third kappa shape index (κ3) is 7.93. The van der Waals surface area contributed by atoms with Gasteiger partial charge in [-0.2, -0.15) is 61.9 Å². The van der Waals surface area contributed by atoms with Crippen LogP contribution >= 0.6 is 17.0 Å². The van der Waals surface area contributed by atoms with E-state index in [1.54, 1.807) is 6.07 Å². The zero-order valence-electron chi connectivity index (χ0n) is 23.9. The normalized spacial score (nSPS) is 12.1. The van der Waals surface area contributed by atoms with E-state index in [9.17, 15) is 26.3 Å². The first-order valence-corrected chi connectivity index (χ1v) is 21.0. The fourth-order valence-corrected chi connectivity index (χ4v) is 6.50. The van der Waals surface area contributed by atoms with Gasteiger partial charge in [-0.3, -0.25) is 0 Å². The van der Waals surface area contributed by atoms with Gasteiger partial charge in [0.1, 0.15) is 0 Å². The number of alkyl halides is 6. The molecule has 0 saturated heterocycles. The summed E-state index contributed by atoms with van der Waals surface area (Å²) in [5, 5.41) is 4.31. The quantitative estimate of drug-likeness (QED) is 0.0964. The first-order valence-electron chi connectivity index (χ1n) is 13.6. The Hall–Kier alpha value is -2.25. The zero-order chi connectivity index (χ0) is 32.2. The fourth-order valence-electron chi connectivity index (χ4n) is 5.19. The van der Waals surface area contributed by atoms with E-state index >= 15 is 0 Å². The van der Waals surface area contributed by atoms with Crippen molar-refractivity contribution in [2.45, 2.75) is 45.5 Å². The largest absolute Gasteiger partial charge is 0.184 e. The second-order valence-corrected chi connectivity index (χ2v) is 15.4. The maximum atomic E-state index is 13.3. The molecule has 44 heavy (non-hydrogen) atoms. The van der Waals surface area contributed by atoms with Crippen LogP contribution in [-0.2, 0) is 39.6 Å². The van der Waals surface area contributed by atoms with Crippen molar-refractivity contribution in [1.29, 1.82) is 0 Å². The molecule has 6 rings (SSSR count). The monoisotopic (exact) mass is 736 g/mol. The van der Waals surface area contributed by atoms with E-state index in [4.69, 9.17) is 17.0 Å². The molecular formula is C34H26Cl2F6SiZr. The van der Waals surface area contributed by atoms with Gasteiger partial charge in [0.15, 0.2) is 0 Å². The predicted molar refractivity (Wildman–Crippen MR) is 166 cm³/mol. The number of halogens is 8. The molecule has 1 heterocycles. The number of rotatable bonds is 3. The second kappa shape index (κ2) is 14.5. The topological polar surface area (TPSA) is 0 Å². The predicted octanol–water partition coefficient (Wildman–Crippen LogP) is 10.4. The minimum atomic E-state index is -4.87. The van der Waals surface area contributed by atoms with Gasteiger partial charge in [0.25, 0.3) is 0 Å². The first kappa shape index (κ1) is 34.6. The van der Waals surface area contributed by atoms with Crippen LogP contribution in [0.25, 0.3) is 33.0 Å². The van der Waals surface area contributed by atoms with Crippen LogP contribution in [0.15, 0.2) is 84.9 Å². The van der Waals surface area contributed by atoms with Gasteiger partial charge in [-0.1, -0.05) is 66.9 Å². The van der Waals surface area contributed by atoms with Crippen molar-refractivity contribution >= 4 is 47.7 Å². The van der Waals surface area contributed by atoms with Crippen LogP contribution in [0.1, 0.15) is 48.9 Å². The average molecular weight is 739 g/mol. The van der Waals surface area contributed by atoms with Gasteiger partial charge in [0.05, 0.1) is 20.6 Å². The minimum Gasteiger partial charge on any atom is -0.184 e. The molecule has 1 aliphatic rings. The molecule has 0 N–H and O–H groups in total. The summed E-state index contributed by atoms with van der Waals surface area (Å²) in [7, 11) is 10.7. The van der Waals surface area contributed by atoms with Gasteiger partial charge in [0.2, 0.25) is 0 Å². The molecule has 226 valence electrons. The molecule has 0 bridgehead atoms. The van der Waals surface area contributed by atoms with Crippen LogP contribution in [0.5, 0.6) is 0 Å². The Morgan fingerprint density at radius 3 is 2.05 bits per heavy atom. The summed E-state index contributed by atoms with van der Waals surface area (Å²) >= 11 is -0.826. The molecule has 1 aliphatic heterocycles. The van der Waals surface area contributed by atoms with Crippen LogP contribution in [0, 0.1) is 6.07 Å². The van der Waals surface area contributed by atoms with Crippen molar-refractivity contribution in [1.82, 2.24) is 0 Å². The summed E-state index contributed by atoms with van der Waals surface area (Å²) in [6, 6.07) is 27.4. The zero-order valence-corrected chi connectivity index (χ0v) is 28.9. The smallest absolute Gasteiger partial charge is 0.0920 e. The van der Waals surface area contributed by atoms with Crippen molar-refractivity contribution in [3.8, 4) is 22.3 Å². The van der Waals surface area contributed by atoms with Crippen molar-refractivity contribution in [3.05, 3.63) is 113 Å². The van der Waals surface area contributed by atoms with Gasteiger partial charge in [0, 0.05) is 0 Å². The van der Waals surface area contributed by atoms with E-state index in [0.717, 1.165) is 39.0 Å². The first-order chi connectivity index (χ1) is 20.8. The van der Waals surface area contributed by atoms with Crippen molar-refractivity contribution < 1.29 is 47.2 Å². The Labute approximate surface area is 274 Å². The fraction of sp³-hybridized carbons (Fsp3) is 0.206. The number of hydrogen-bond acceptors (Lipinski definition) is 0. The Kier molecular flexibility index (Phi) is 11.4. The van der Waals surface area contributed by atoms with Crippen molar-refractivity contribution in [2.75, 3.05) is 0 Å². The molecule has 2 radical (unpaired) electrons. The summed E-state index contributed by atoms with van der Waals surface area (Å²) in [5.74, 6) is -0.0664. The molecule has 0 saturated carbocycles. The van der Waals surface area contributed by atoms with E-state index in [-0.39, 0.29) is 17.5 Å². The summed E-state index contributed by atoms with van der Waals surface area (Å²) < 4.78 is 79.9. The standard InChI is InChI=1S/C22H19F6.C12H7Si.2ClH.Zr/c1-4-13-7-14-5-6-18(12(2)3)20(19(14)8-13)15-9-16(21(23,24)25)11-17(10-15)22(26,27)28;1-3-7-11-9(5-1)10-6-2-4-8-12(10)13-11;;;/h5-12H,4H2,1-3H3;1-7H;2*1H;/q2*-1;;;+4/p-2. The average Bonchev–Trinajstić information content (AvgIpc) is 3.57. The second-order valence-electron chi connectivity index (χ2n) is 10.4. The summed E-state index contributed by atoms with van der Waals surface area (Å²) in [4.78, 5) is 0. The Morgan fingerprint density at radius 1 is 0.841 bits per heavy atom. The van der Waals surface area contributed by atoms with Crippen molar-refractivity contribution in [2.24, 2.45) is 0 Å².